The lowest BCUT2D eigenvalue weighted by Crippen LogP contribution is -2.34. The predicted octanol–water partition coefficient (Wildman–Crippen LogP) is -0.906. The second-order valence-electron chi connectivity index (χ2n) is 3.98. The summed E-state index contributed by atoms with van der Waals surface area (Å²) in [5, 5.41) is 2.97. The van der Waals surface area contributed by atoms with Crippen molar-refractivity contribution >= 4 is 10.0 Å². The lowest BCUT2D eigenvalue weighted by Gasteiger charge is -2.10. The molecule has 2 N–H and O–H groups in total. The van der Waals surface area contributed by atoms with Gasteiger partial charge in [-0.2, -0.15) is 0 Å². The van der Waals surface area contributed by atoms with Crippen molar-refractivity contribution in [3.8, 4) is 0 Å². The number of sulfonamides is 1. The molecule has 0 unspecified atom stereocenters. The highest BCUT2D eigenvalue weighted by Crippen LogP contribution is 1.83. The summed E-state index contributed by atoms with van der Waals surface area (Å²) >= 11 is 0. The van der Waals surface area contributed by atoms with Gasteiger partial charge < -0.3 is 15.0 Å². The summed E-state index contributed by atoms with van der Waals surface area (Å²) in [4.78, 5) is 2.01. The maximum absolute atomic E-state index is 11.4. The van der Waals surface area contributed by atoms with Crippen LogP contribution in [-0.4, -0.2) is 72.6 Å². The van der Waals surface area contributed by atoms with Gasteiger partial charge >= 0.3 is 0 Å². The summed E-state index contributed by atoms with van der Waals surface area (Å²) in [5.41, 5.74) is 0. The van der Waals surface area contributed by atoms with Crippen molar-refractivity contribution in [3.63, 3.8) is 0 Å². The van der Waals surface area contributed by atoms with Gasteiger partial charge in [0.25, 0.3) is 0 Å². The summed E-state index contributed by atoms with van der Waals surface area (Å²) in [6, 6.07) is 0. The Bertz CT molecular complexity index is 268. The van der Waals surface area contributed by atoms with E-state index < -0.39 is 10.0 Å². The molecule has 104 valence electrons. The van der Waals surface area contributed by atoms with Gasteiger partial charge in [0.15, 0.2) is 0 Å². The van der Waals surface area contributed by atoms with Gasteiger partial charge in [-0.3, -0.25) is 0 Å². The standard InChI is InChI=1S/C10H25N3O3S/c1-4-11-6-10-17(14,15)12-5-8-16-9-7-13(2)3/h11-12H,4-10H2,1-3H3. The van der Waals surface area contributed by atoms with Crippen LogP contribution in [0.4, 0.5) is 0 Å². The Balaban J connectivity index is 3.46. The highest BCUT2D eigenvalue weighted by molar-refractivity contribution is 7.89. The Kier molecular flexibility index (Phi) is 9.66. The minimum absolute atomic E-state index is 0.110. The molecule has 0 heterocycles. The van der Waals surface area contributed by atoms with Gasteiger partial charge in [0.1, 0.15) is 0 Å². The minimum atomic E-state index is -3.16. The van der Waals surface area contributed by atoms with E-state index in [4.69, 9.17) is 4.74 Å². The van der Waals surface area contributed by atoms with E-state index in [0.29, 0.717) is 26.3 Å². The third-order valence-electron chi connectivity index (χ3n) is 2.05. The van der Waals surface area contributed by atoms with E-state index >= 15 is 0 Å². The van der Waals surface area contributed by atoms with Crippen LogP contribution in [0.25, 0.3) is 0 Å². The molecule has 0 saturated heterocycles. The molecule has 0 aliphatic heterocycles. The van der Waals surface area contributed by atoms with Crippen LogP contribution in [0.1, 0.15) is 6.92 Å². The smallest absolute Gasteiger partial charge is 0.212 e. The first-order valence-corrected chi connectivity index (χ1v) is 7.53. The number of nitrogens with zero attached hydrogens (tertiary/aromatic N) is 1. The third kappa shape index (κ3) is 12.0. The first-order chi connectivity index (χ1) is 7.98. The molecular weight excluding hydrogens is 242 g/mol. The van der Waals surface area contributed by atoms with Crippen LogP contribution in [0.3, 0.4) is 0 Å². The van der Waals surface area contributed by atoms with Crippen LogP contribution in [0.2, 0.25) is 0 Å². The fraction of sp³-hybridized carbons (Fsp3) is 1.00. The summed E-state index contributed by atoms with van der Waals surface area (Å²) in [7, 11) is 0.770. The molecule has 0 aliphatic carbocycles. The van der Waals surface area contributed by atoms with Gasteiger partial charge in [-0.1, -0.05) is 6.92 Å². The normalized spacial score (nSPS) is 12.2. The van der Waals surface area contributed by atoms with Crippen molar-refractivity contribution in [2.75, 3.05) is 59.2 Å². The largest absolute Gasteiger partial charge is 0.379 e. The van der Waals surface area contributed by atoms with Gasteiger partial charge in [0.05, 0.1) is 19.0 Å². The Labute approximate surface area is 105 Å². The minimum Gasteiger partial charge on any atom is -0.379 e. The van der Waals surface area contributed by atoms with Crippen molar-refractivity contribution < 1.29 is 13.2 Å². The van der Waals surface area contributed by atoms with Crippen LogP contribution in [0, 0.1) is 0 Å². The molecule has 0 fully saturated rings. The number of hydrogen-bond donors (Lipinski definition) is 2. The lowest BCUT2D eigenvalue weighted by atomic mass is 10.6. The summed E-state index contributed by atoms with van der Waals surface area (Å²) in [6.07, 6.45) is 0. The zero-order chi connectivity index (χ0) is 13.1. The van der Waals surface area contributed by atoms with Gasteiger partial charge in [0, 0.05) is 19.6 Å². The van der Waals surface area contributed by atoms with E-state index in [2.05, 4.69) is 10.0 Å². The van der Waals surface area contributed by atoms with Crippen LogP contribution in [0.15, 0.2) is 0 Å². The van der Waals surface area contributed by atoms with Gasteiger partial charge in [0.2, 0.25) is 10.0 Å². The number of likely N-dealkylation sites (N-methyl/N-ethyl adjacent to an activating group) is 1. The second-order valence-corrected chi connectivity index (χ2v) is 5.91. The monoisotopic (exact) mass is 267 g/mol. The molecule has 0 atom stereocenters. The van der Waals surface area contributed by atoms with E-state index in [1.807, 2.05) is 25.9 Å². The van der Waals surface area contributed by atoms with E-state index in [1.54, 1.807) is 0 Å². The third-order valence-corrected chi connectivity index (χ3v) is 3.43. The molecule has 7 heteroatoms. The molecule has 0 aromatic heterocycles. The zero-order valence-electron chi connectivity index (χ0n) is 11.0. The highest BCUT2D eigenvalue weighted by Gasteiger charge is 2.07. The summed E-state index contributed by atoms with van der Waals surface area (Å²) < 4.78 is 30.6. The first kappa shape index (κ1) is 16.8. The van der Waals surface area contributed by atoms with E-state index in [-0.39, 0.29) is 5.75 Å². The molecule has 0 aromatic carbocycles. The van der Waals surface area contributed by atoms with Crippen molar-refractivity contribution in [1.29, 1.82) is 0 Å². The topological polar surface area (TPSA) is 70.7 Å². The lowest BCUT2D eigenvalue weighted by molar-refractivity contribution is 0.122. The fourth-order valence-corrected chi connectivity index (χ4v) is 2.03. The average Bonchev–Trinajstić information content (AvgIpc) is 2.23. The maximum Gasteiger partial charge on any atom is 0.212 e. The van der Waals surface area contributed by atoms with Gasteiger partial charge in [-0.05, 0) is 20.6 Å². The number of hydrogen-bond acceptors (Lipinski definition) is 5. The molecular formula is C10H25N3O3S. The van der Waals surface area contributed by atoms with E-state index in [0.717, 1.165) is 13.1 Å². The number of ether oxygens (including phenoxy) is 1. The van der Waals surface area contributed by atoms with Crippen molar-refractivity contribution in [2.24, 2.45) is 0 Å². The molecule has 0 rings (SSSR count). The molecule has 0 amide bonds. The summed E-state index contributed by atoms with van der Waals surface area (Å²) in [5.74, 6) is 0.110. The van der Waals surface area contributed by atoms with Gasteiger partial charge in [-0.25, -0.2) is 13.1 Å². The molecule has 17 heavy (non-hydrogen) atoms. The van der Waals surface area contributed by atoms with E-state index in [1.165, 1.54) is 0 Å². The average molecular weight is 267 g/mol. The molecule has 0 saturated carbocycles. The van der Waals surface area contributed by atoms with Crippen LogP contribution < -0.4 is 10.0 Å². The van der Waals surface area contributed by atoms with Crippen molar-refractivity contribution in [2.45, 2.75) is 6.92 Å². The quantitative estimate of drug-likeness (QED) is 0.475. The SMILES string of the molecule is CCNCCS(=O)(=O)NCCOCCN(C)C. The Morgan fingerprint density at radius 1 is 1.18 bits per heavy atom. The van der Waals surface area contributed by atoms with Gasteiger partial charge in [-0.15, -0.1) is 0 Å². The highest BCUT2D eigenvalue weighted by atomic mass is 32.2. The maximum atomic E-state index is 11.4. The molecule has 0 bridgehead atoms. The Morgan fingerprint density at radius 2 is 1.88 bits per heavy atom. The van der Waals surface area contributed by atoms with Crippen LogP contribution in [-0.2, 0) is 14.8 Å². The fourth-order valence-electron chi connectivity index (χ4n) is 1.07. The molecule has 0 radical (unpaired) electrons. The predicted molar refractivity (Wildman–Crippen MR) is 69.7 cm³/mol. The molecule has 6 nitrogen and oxygen atoms in total. The van der Waals surface area contributed by atoms with Crippen LogP contribution in [0.5, 0.6) is 0 Å². The van der Waals surface area contributed by atoms with E-state index in [9.17, 15) is 8.42 Å². The number of rotatable bonds is 11. The molecule has 0 aromatic rings. The summed E-state index contributed by atoms with van der Waals surface area (Å²) in [6.45, 7) is 5.41. The molecule has 0 aliphatic rings. The number of nitrogens with one attached hydrogen (secondary N) is 2. The Hall–Kier alpha value is -0.210. The Morgan fingerprint density at radius 3 is 2.47 bits per heavy atom. The van der Waals surface area contributed by atoms with Crippen molar-refractivity contribution in [3.05, 3.63) is 0 Å². The zero-order valence-corrected chi connectivity index (χ0v) is 11.8. The van der Waals surface area contributed by atoms with Crippen LogP contribution >= 0.6 is 0 Å². The second kappa shape index (κ2) is 9.78. The first-order valence-electron chi connectivity index (χ1n) is 5.88. The van der Waals surface area contributed by atoms with Crippen molar-refractivity contribution in [1.82, 2.24) is 14.9 Å². The molecule has 0 spiro atoms.